The van der Waals surface area contributed by atoms with Gasteiger partial charge in [-0.05, 0) is 25.0 Å². The predicted octanol–water partition coefficient (Wildman–Crippen LogP) is 3.59. The van der Waals surface area contributed by atoms with E-state index in [4.69, 9.17) is 4.74 Å². The van der Waals surface area contributed by atoms with Gasteiger partial charge in [-0.15, -0.1) is 0 Å². The lowest BCUT2D eigenvalue weighted by Crippen LogP contribution is -2.23. The topological polar surface area (TPSA) is 38.7 Å². The Kier molecular flexibility index (Phi) is 3.80. The van der Waals surface area contributed by atoms with Gasteiger partial charge in [0.1, 0.15) is 6.61 Å². The Morgan fingerprint density at radius 2 is 1.50 bits per heavy atom. The summed E-state index contributed by atoms with van der Waals surface area (Å²) in [6.07, 6.45) is 0. The molecule has 1 heterocycles. The molecule has 0 atom stereocenters. The molecule has 0 radical (unpaired) electrons. The molecule has 0 aliphatic carbocycles. The van der Waals surface area contributed by atoms with Crippen molar-refractivity contribution in [2.75, 3.05) is 6.61 Å². The average molecular weight is 293 g/mol. The molecule has 0 aromatic heterocycles. The van der Waals surface area contributed by atoms with E-state index in [0.717, 1.165) is 11.1 Å². The first-order valence-electron chi connectivity index (χ1n) is 7.44. The molecule has 0 unspecified atom stereocenters. The minimum atomic E-state index is -0.380. The van der Waals surface area contributed by atoms with Gasteiger partial charge in [-0.1, -0.05) is 60.7 Å². The van der Waals surface area contributed by atoms with Crippen molar-refractivity contribution < 1.29 is 9.53 Å². The zero-order valence-electron chi connectivity index (χ0n) is 12.8. The summed E-state index contributed by atoms with van der Waals surface area (Å²) in [5, 5.41) is 0. The van der Waals surface area contributed by atoms with Gasteiger partial charge < -0.3 is 4.74 Å². The van der Waals surface area contributed by atoms with E-state index in [1.807, 2.05) is 74.5 Å². The second kappa shape index (κ2) is 5.76. The van der Waals surface area contributed by atoms with E-state index in [9.17, 15) is 4.79 Å². The van der Waals surface area contributed by atoms with E-state index >= 15 is 0 Å². The Morgan fingerprint density at radius 3 is 1.91 bits per heavy atom. The van der Waals surface area contributed by atoms with Gasteiger partial charge in [-0.25, -0.2) is 4.99 Å². The third kappa shape index (κ3) is 2.93. The van der Waals surface area contributed by atoms with Gasteiger partial charge in [-0.2, -0.15) is 0 Å². The maximum absolute atomic E-state index is 13.0. The van der Waals surface area contributed by atoms with Gasteiger partial charge in [0.05, 0.1) is 11.5 Å². The lowest BCUT2D eigenvalue weighted by atomic mass is 9.87. The molecule has 1 aliphatic rings. The average Bonchev–Trinajstić information content (AvgIpc) is 2.90. The van der Waals surface area contributed by atoms with E-state index in [1.165, 1.54) is 0 Å². The Hall–Kier alpha value is -2.42. The van der Waals surface area contributed by atoms with Crippen LogP contribution < -0.4 is 0 Å². The van der Waals surface area contributed by atoms with Crippen LogP contribution in [0.25, 0.3) is 0 Å². The van der Waals surface area contributed by atoms with E-state index in [-0.39, 0.29) is 23.1 Å². The monoisotopic (exact) mass is 293 g/mol. The van der Waals surface area contributed by atoms with Crippen LogP contribution in [0.15, 0.2) is 65.7 Å². The maximum atomic E-state index is 13.0. The van der Waals surface area contributed by atoms with Crippen LogP contribution >= 0.6 is 0 Å². The van der Waals surface area contributed by atoms with E-state index in [1.54, 1.807) is 0 Å². The van der Waals surface area contributed by atoms with Crippen molar-refractivity contribution in [2.24, 2.45) is 4.99 Å². The van der Waals surface area contributed by atoms with Crippen LogP contribution in [0.1, 0.15) is 30.9 Å². The third-order valence-corrected chi connectivity index (χ3v) is 3.71. The molecular formula is C19H19NO2. The summed E-state index contributed by atoms with van der Waals surface area (Å²) in [7, 11) is 0. The van der Waals surface area contributed by atoms with Crippen LogP contribution in [0, 0.1) is 0 Å². The van der Waals surface area contributed by atoms with Crippen LogP contribution in [0.4, 0.5) is 0 Å². The smallest absolute Gasteiger partial charge is 0.255 e. The number of carbonyl (C=O) groups excluding carboxylic acids is 1. The van der Waals surface area contributed by atoms with E-state index < -0.39 is 0 Å². The van der Waals surface area contributed by atoms with Gasteiger partial charge in [0.2, 0.25) is 5.78 Å². The number of rotatable bonds is 4. The van der Waals surface area contributed by atoms with Gasteiger partial charge in [-0.3, -0.25) is 4.79 Å². The van der Waals surface area contributed by atoms with Crippen molar-refractivity contribution in [3.05, 3.63) is 71.8 Å². The summed E-state index contributed by atoms with van der Waals surface area (Å²) in [6.45, 7) is 4.38. The van der Waals surface area contributed by atoms with Gasteiger partial charge in [0.15, 0.2) is 0 Å². The van der Waals surface area contributed by atoms with Crippen LogP contribution in [0.3, 0.4) is 0 Å². The Morgan fingerprint density at radius 1 is 1.00 bits per heavy atom. The van der Waals surface area contributed by atoms with Crippen LogP contribution in [-0.4, -0.2) is 23.8 Å². The van der Waals surface area contributed by atoms with Gasteiger partial charge in [0, 0.05) is 0 Å². The van der Waals surface area contributed by atoms with Gasteiger partial charge in [0.25, 0.3) is 5.90 Å². The quantitative estimate of drug-likeness (QED) is 0.864. The highest BCUT2D eigenvalue weighted by Crippen LogP contribution is 2.28. The van der Waals surface area contributed by atoms with Crippen molar-refractivity contribution in [1.82, 2.24) is 0 Å². The number of ether oxygens (including phenoxy) is 1. The number of Topliss-reactive ketones (excluding diaryl/α,β-unsaturated/α-hetero) is 1. The molecular weight excluding hydrogens is 274 g/mol. The fourth-order valence-electron chi connectivity index (χ4n) is 2.62. The SMILES string of the molecule is CC1(C)COC(C(=O)C(c2ccccc2)c2ccccc2)=N1. The second-order valence-corrected chi connectivity index (χ2v) is 6.14. The molecule has 0 saturated carbocycles. The molecule has 2 aromatic carbocycles. The van der Waals surface area contributed by atoms with Crippen LogP contribution in [0.2, 0.25) is 0 Å². The zero-order valence-corrected chi connectivity index (χ0v) is 12.8. The summed E-state index contributed by atoms with van der Waals surface area (Å²) in [5.74, 6) is -0.222. The molecule has 112 valence electrons. The summed E-state index contributed by atoms with van der Waals surface area (Å²) in [5.41, 5.74) is 1.58. The number of ketones is 1. The number of aliphatic imine (C=N–C) groups is 1. The lowest BCUT2D eigenvalue weighted by molar-refractivity contribution is -0.114. The molecule has 2 aromatic rings. The van der Waals surface area contributed by atoms with Crippen molar-refractivity contribution in [3.8, 4) is 0 Å². The Labute approximate surface area is 130 Å². The van der Waals surface area contributed by atoms with Crippen molar-refractivity contribution >= 4 is 11.7 Å². The molecule has 3 rings (SSSR count). The standard InChI is InChI=1S/C19H19NO2/c1-19(2)13-22-18(20-19)17(21)16(14-9-5-3-6-10-14)15-11-7-4-8-12-15/h3-12,16H,13H2,1-2H3. The Bertz CT molecular complexity index is 650. The summed E-state index contributed by atoms with van der Waals surface area (Å²) in [6, 6.07) is 19.5. The first kappa shape index (κ1) is 14.5. The van der Waals surface area contributed by atoms with Crippen LogP contribution in [-0.2, 0) is 9.53 Å². The highest BCUT2D eigenvalue weighted by atomic mass is 16.5. The fraction of sp³-hybridized carbons (Fsp3) is 0.263. The van der Waals surface area contributed by atoms with Gasteiger partial charge >= 0.3 is 0 Å². The maximum Gasteiger partial charge on any atom is 0.255 e. The molecule has 3 nitrogen and oxygen atoms in total. The zero-order chi connectivity index (χ0) is 15.6. The summed E-state index contributed by atoms with van der Waals surface area (Å²) in [4.78, 5) is 17.4. The highest BCUT2D eigenvalue weighted by molar-refractivity contribution is 6.39. The predicted molar refractivity (Wildman–Crippen MR) is 87.2 cm³/mol. The first-order chi connectivity index (χ1) is 10.6. The molecule has 3 heteroatoms. The molecule has 0 spiro atoms. The van der Waals surface area contributed by atoms with Crippen molar-refractivity contribution in [2.45, 2.75) is 25.3 Å². The summed E-state index contributed by atoms with van der Waals surface area (Å²) < 4.78 is 5.55. The lowest BCUT2D eigenvalue weighted by Gasteiger charge is -2.16. The number of hydrogen-bond acceptors (Lipinski definition) is 3. The van der Waals surface area contributed by atoms with Crippen LogP contribution in [0.5, 0.6) is 0 Å². The van der Waals surface area contributed by atoms with Crippen molar-refractivity contribution in [3.63, 3.8) is 0 Å². The minimum Gasteiger partial charge on any atom is -0.473 e. The first-order valence-corrected chi connectivity index (χ1v) is 7.44. The molecule has 0 N–H and O–H groups in total. The minimum absolute atomic E-state index is 0.0806. The third-order valence-electron chi connectivity index (χ3n) is 3.71. The number of carbonyl (C=O) groups is 1. The largest absolute Gasteiger partial charge is 0.473 e. The fourth-order valence-corrected chi connectivity index (χ4v) is 2.62. The molecule has 0 saturated heterocycles. The highest BCUT2D eigenvalue weighted by Gasteiger charge is 2.35. The van der Waals surface area contributed by atoms with Crippen molar-refractivity contribution in [1.29, 1.82) is 0 Å². The van der Waals surface area contributed by atoms with E-state index in [2.05, 4.69) is 4.99 Å². The molecule has 0 fully saturated rings. The number of benzene rings is 2. The molecule has 22 heavy (non-hydrogen) atoms. The second-order valence-electron chi connectivity index (χ2n) is 6.14. The number of hydrogen-bond donors (Lipinski definition) is 0. The molecule has 1 aliphatic heterocycles. The molecule has 0 bridgehead atoms. The normalized spacial score (nSPS) is 16.2. The molecule has 0 amide bonds. The number of nitrogens with zero attached hydrogens (tertiary/aromatic N) is 1. The Balaban J connectivity index is 2.02. The summed E-state index contributed by atoms with van der Waals surface area (Å²) >= 11 is 0. The van der Waals surface area contributed by atoms with E-state index in [0.29, 0.717) is 6.61 Å².